The first-order valence-corrected chi connectivity index (χ1v) is 12.0. The molecule has 3 aromatic rings. The summed E-state index contributed by atoms with van der Waals surface area (Å²) in [4.78, 5) is 49.4. The van der Waals surface area contributed by atoms with Gasteiger partial charge in [0.15, 0.2) is 10.8 Å². The molecular weight excluding hydrogens is 454 g/mol. The summed E-state index contributed by atoms with van der Waals surface area (Å²) >= 11 is 5.83. The number of nitrogens with zero attached hydrogens (tertiary/aromatic N) is 5. The van der Waals surface area contributed by atoms with Crippen LogP contribution < -0.4 is 10.5 Å². The molecule has 0 atom stereocenters. The van der Waals surface area contributed by atoms with Crippen LogP contribution in [0, 0.1) is 13.8 Å². The van der Waals surface area contributed by atoms with Crippen LogP contribution in [0.3, 0.4) is 0 Å². The molecule has 0 radical (unpaired) electrons. The largest absolute Gasteiger partial charge is 0.304 e. The monoisotopic (exact) mass is 483 g/mol. The Morgan fingerprint density at radius 2 is 1.59 bits per heavy atom. The Morgan fingerprint density at radius 3 is 2.29 bits per heavy atom. The second-order valence-corrected chi connectivity index (χ2v) is 8.82. The van der Waals surface area contributed by atoms with Crippen molar-refractivity contribution in [2.45, 2.75) is 66.3 Å². The average molecular weight is 484 g/mol. The van der Waals surface area contributed by atoms with Crippen molar-refractivity contribution in [3.63, 3.8) is 0 Å². The van der Waals surface area contributed by atoms with Crippen LogP contribution in [0.2, 0.25) is 5.15 Å². The number of fused-ring (bicyclic) bond motifs is 2. The predicted octanol–water partition coefficient (Wildman–Crippen LogP) is 4.20. The minimum atomic E-state index is -0.390. The Labute approximate surface area is 204 Å². The van der Waals surface area contributed by atoms with Gasteiger partial charge in [-0.3, -0.25) is 19.4 Å². The molecule has 0 spiro atoms. The maximum Gasteiger partial charge on any atom is 0.294 e. The molecule has 0 N–H and O–H groups in total. The van der Waals surface area contributed by atoms with Crippen molar-refractivity contribution >= 4 is 40.1 Å². The van der Waals surface area contributed by atoms with Gasteiger partial charge in [0.05, 0.1) is 23.3 Å². The van der Waals surface area contributed by atoms with E-state index in [2.05, 4.69) is 28.8 Å². The number of halogens is 1. The van der Waals surface area contributed by atoms with E-state index in [1.807, 2.05) is 26.0 Å². The molecule has 4 rings (SSSR count). The molecule has 180 valence electrons. The van der Waals surface area contributed by atoms with Gasteiger partial charge in [-0.15, -0.1) is 0 Å². The molecule has 34 heavy (non-hydrogen) atoms. The number of aryl methyl sites for hydroxylation is 3. The minimum Gasteiger partial charge on any atom is -0.304 e. The van der Waals surface area contributed by atoms with Crippen molar-refractivity contribution in [1.82, 2.24) is 19.5 Å². The number of carbonyl (C=O) groups is 2. The molecule has 0 aliphatic carbocycles. The van der Waals surface area contributed by atoms with Gasteiger partial charge < -0.3 is 9.47 Å². The van der Waals surface area contributed by atoms with E-state index in [1.165, 1.54) is 0 Å². The molecule has 0 saturated heterocycles. The van der Waals surface area contributed by atoms with E-state index in [4.69, 9.17) is 11.6 Å². The van der Waals surface area contributed by atoms with Crippen LogP contribution in [0.1, 0.15) is 56.4 Å². The van der Waals surface area contributed by atoms with Crippen molar-refractivity contribution in [3.8, 4) is 0 Å². The second-order valence-electron chi connectivity index (χ2n) is 8.46. The highest BCUT2D eigenvalue weighted by Crippen LogP contribution is 2.26. The lowest BCUT2D eigenvalue weighted by Crippen LogP contribution is -2.42. The van der Waals surface area contributed by atoms with Crippen molar-refractivity contribution in [2.75, 3.05) is 11.4 Å². The van der Waals surface area contributed by atoms with Crippen LogP contribution in [-0.2, 0) is 22.6 Å². The number of amides is 1. The molecule has 3 aromatic heterocycles. The zero-order chi connectivity index (χ0) is 24.8. The fourth-order valence-electron chi connectivity index (χ4n) is 3.71. The van der Waals surface area contributed by atoms with Crippen LogP contribution in [0.4, 0.5) is 5.69 Å². The van der Waals surface area contributed by atoms with Gasteiger partial charge in [-0.2, -0.15) is 0 Å². The van der Waals surface area contributed by atoms with Gasteiger partial charge in [0, 0.05) is 25.5 Å². The number of pyridine rings is 2. The average Bonchev–Trinajstić information content (AvgIpc) is 2.81. The Morgan fingerprint density at radius 1 is 0.941 bits per heavy atom. The Kier molecular flexibility index (Phi) is 8.50. The van der Waals surface area contributed by atoms with Crippen LogP contribution in [0.25, 0.3) is 11.2 Å². The number of aromatic nitrogens is 4. The topological polar surface area (TPSA) is 98.1 Å². The molecule has 1 aliphatic heterocycles. The third-order valence-electron chi connectivity index (χ3n) is 5.56. The number of rotatable bonds is 6. The van der Waals surface area contributed by atoms with Crippen LogP contribution in [0.15, 0.2) is 29.3 Å². The number of carbonyl (C=O) groups excluding carboxylic acids is 2. The number of anilines is 1. The Bertz CT molecular complexity index is 1270. The van der Waals surface area contributed by atoms with Gasteiger partial charge in [0.1, 0.15) is 0 Å². The van der Waals surface area contributed by atoms with E-state index >= 15 is 0 Å². The number of Topliss-reactive ketones (excluding diaryl/α,β-unsaturated/α-hetero) is 1. The van der Waals surface area contributed by atoms with E-state index < -0.39 is 5.91 Å². The summed E-state index contributed by atoms with van der Waals surface area (Å²) in [5.74, 6) is -0.747. The normalized spacial score (nSPS) is 13.0. The van der Waals surface area contributed by atoms with Gasteiger partial charge in [0.25, 0.3) is 11.5 Å². The smallest absolute Gasteiger partial charge is 0.294 e. The highest BCUT2D eigenvalue weighted by molar-refractivity contribution is 6.43. The predicted molar refractivity (Wildman–Crippen MR) is 133 cm³/mol. The van der Waals surface area contributed by atoms with Gasteiger partial charge in [0.2, 0.25) is 5.78 Å². The SMILES string of the molecule is CCCCN1C(=O)C(=O)Cc2ncc(C)cc21.CCCCn1c(=O)c(Cl)nc2ncc(C)cc21. The van der Waals surface area contributed by atoms with Crippen molar-refractivity contribution in [3.05, 3.63) is 56.9 Å². The number of hydrogen-bond donors (Lipinski definition) is 0. The lowest BCUT2D eigenvalue weighted by molar-refractivity contribution is -0.136. The molecule has 1 aliphatic rings. The van der Waals surface area contributed by atoms with Crippen LogP contribution in [0.5, 0.6) is 0 Å². The van der Waals surface area contributed by atoms with Crippen molar-refractivity contribution in [1.29, 1.82) is 0 Å². The van der Waals surface area contributed by atoms with E-state index in [9.17, 15) is 14.4 Å². The van der Waals surface area contributed by atoms with Crippen LogP contribution in [-0.4, -0.2) is 37.8 Å². The van der Waals surface area contributed by atoms with E-state index in [0.717, 1.165) is 53.7 Å². The third kappa shape index (κ3) is 5.67. The zero-order valence-electron chi connectivity index (χ0n) is 20.1. The van der Waals surface area contributed by atoms with Crippen LogP contribution >= 0.6 is 11.6 Å². The summed E-state index contributed by atoms with van der Waals surface area (Å²) in [6.07, 6.45) is 7.44. The first-order chi connectivity index (χ1) is 16.3. The first kappa shape index (κ1) is 25.5. The fourth-order valence-corrected chi connectivity index (χ4v) is 3.89. The molecule has 8 nitrogen and oxygen atoms in total. The second kappa shape index (κ2) is 11.3. The first-order valence-electron chi connectivity index (χ1n) is 11.6. The molecular formula is C25H30ClN5O3. The Hall–Kier alpha value is -3.13. The van der Waals surface area contributed by atoms with Crippen molar-refractivity contribution in [2.24, 2.45) is 0 Å². The summed E-state index contributed by atoms with van der Waals surface area (Å²) in [6.45, 7) is 9.27. The lowest BCUT2D eigenvalue weighted by atomic mass is 10.0. The molecule has 0 unspecified atom stereocenters. The zero-order valence-corrected chi connectivity index (χ0v) is 20.9. The number of unbranched alkanes of at least 4 members (excludes halogenated alkanes) is 2. The van der Waals surface area contributed by atoms with Gasteiger partial charge in [-0.25, -0.2) is 9.97 Å². The molecule has 1 amide bonds. The summed E-state index contributed by atoms with van der Waals surface area (Å²) in [7, 11) is 0. The summed E-state index contributed by atoms with van der Waals surface area (Å²) in [5, 5.41) is -0.00930. The summed E-state index contributed by atoms with van der Waals surface area (Å²) < 4.78 is 1.66. The van der Waals surface area contributed by atoms with E-state index in [-0.39, 0.29) is 22.9 Å². The number of ketones is 1. The highest BCUT2D eigenvalue weighted by Gasteiger charge is 2.31. The summed E-state index contributed by atoms with van der Waals surface area (Å²) in [6, 6.07) is 3.85. The van der Waals surface area contributed by atoms with Gasteiger partial charge in [-0.05, 0) is 49.9 Å². The molecule has 0 bridgehead atoms. The van der Waals surface area contributed by atoms with E-state index in [1.54, 1.807) is 21.9 Å². The standard InChI is InChI=1S/C13H16N2O2.C12H14ClN3O/c1-3-4-5-15-11-6-9(2)8-14-10(11)7-12(16)13(15)17;1-3-4-5-16-9-6-8(2)7-14-11(9)15-10(13)12(16)17/h6,8H,3-5,7H2,1-2H3;6-7H,3-5H2,1-2H3. The molecule has 4 heterocycles. The van der Waals surface area contributed by atoms with Gasteiger partial charge >= 0.3 is 0 Å². The van der Waals surface area contributed by atoms with E-state index in [0.29, 0.717) is 18.7 Å². The maximum atomic E-state index is 11.9. The molecule has 9 heteroatoms. The lowest BCUT2D eigenvalue weighted by Gasteiger charge is -2.27. The fraction of sp³-hybridized carbons (Fsp3) is 0.440. The summed E-state index contributed by atoms with van der Waals surface area (Å²) in [5.41, 5.74) is 4.59. The minimum absolute atomic E-state index is 0.00930. The third-order valence-corrected chi connectivity index (χ3v) is 5.80. The maximum absolute atomic E-state index is 11.9. The van der Waals surface area contributed by atoms with Gasteiger partial charge in [-0.1, -0.05) is 38.3 Å². The quantitative estimate of drug-likeness (QED) is 0.487. The van der Waals surface area contributed by atoms with Crippen molar-refractivity contribution < 1.29 is 9.59 Å². The number of hydrogen-bond acceptors (Lipinski definition) is 6. The molecule has 0 fully saturated rings. The Balaban J connectivity index is 0.000000191. The highest BCUT2D eigenvalue weighted by atomic mass is 35.5. The molecule has 0 saturated carbocycles. The molecule has 0 aromatic carbocycles.